The molecule has 2 N–H and O–H groups in total. The number of methoxy groups -OCH3 is 2. The SMILES string of the molecule is COc1cc(CC(C)NC(=O)OC(C)(C)C)c(OC)cc1CCCCO. The van der Waals surface area contributed by atoms with Crippen LogP contribution in [0.25, 0.3) is 0 Å². The van der Waals surface area contributed by atoms with Gasteiger partial charge in [-0.25, -0.2) is 4.79 Å². The fraction of sp³-hybridized carbons (Fsp3) is 0.650. The molecule has 0 aliphatic heterocycles. The zero-order chi connectivity index (χ0) is 19.7. The maximum atomic E-state index is 11.9. The molecule has 1 atom stereocenters. The van der Waals surface area contributed by atoms with Crippen LogP contribution in [-0.4, -0.2) is 43.7 Å². The number of alkyl carbamates (subject to hydrolysis) is 1. The van der Waals surface area contributed by atoms with E-state index in [1.807, 2.05) is 39.8 Å². The van der Waals surface area contributed by atoms with Crippen molar-refractivity contribution in [2.24, 2.45) is 0 Å². The van der Waals surface area contributed by atoms with Crippen LogP contribution in [0.3, 0.4) is 0 Å². The first-order chi connectivity index (χ1) is 12.2. The van der Waals surface area contributed by atoms with E-state index in [2.05, 4.69) is 5.32 Å². The van der Waals surface area contributed by atoms with Gasteiger partial charge in [0.25, 0.3) is 0 Å². The summed E-state index contributed by atoms with van der Waals surface area (Å²) in [5.74, 6) is 1.56. The minimum atomic E-state index is -0.527. The molecule has 0 fully saturated rings. The Morgan fingerprint density at radius 2 is 1.69 bits per heavy atom. The zero-order valence-electron chi connectivity index (χ0n) is 16.8. The van der Waals surface area contributed by atoms with Crippen molar-refractivity contribution >= 4 is 6.09 Å². The van der Waals surface area contributed by atoms with E-state index in [0.29, 0.717) is 6.42 Å². The first-order valence-corrected chi connectivity index (χ1v) is 9.04. The van der Waals surface area contributed by atoms with E-state index in [1.165, 1.54) is 0 Å². The quantitative estimate of drug-likeness (QED) is 0.654. The highest BCUT2D eigenvalue weighted by Crippen LogP contribution is 2.31. The fourth-order valence-corrected chi connectivity index (χ4v) is 2.70. The third-order valence-electron chi connectivity index (χ3n) is 3.83. The molecule has 26 heavy (non-hydrogen) atoms. The molecule has 0 aliphatic carbocycles. The summed E-state index contributed by atoms with van der Waals surface area (Å²) in [6.07, 6.45) is 2.61. The molecule has 1 aromatic carbocycles. The van der Waals surface area contributed by atoms with Crippen LogP contribution in [0.4, 0.5) is 4.79 Å². The minimum absolute atomic E-state index is 0.122. The molecule has 0 radical (unpaired) electrons. The van der Waals surface area contributed by atoms with Gasteiger partial charge in [0, 0.05) is 12.6 Å². The number of aliphatic hydroxyl groups is 1. The van der Waals surface area contributed by atoms with Crippen LogP contribution in [0.1, 0.15) is 51.7 Å². The minimum Gasteiger partial charge on any atom is -0.496 e. The molecule has 1 unspecified atom stereocenters. The Balaban J connectivity index is 2.85. The lowest BCUT2D eigenvalue weighted by atomic mass is 10.00. The number of hydrogen-bond donors (Lipinski definition) is 2. The number of amides is 1. The molecule has 1 aromatic rings. The Kier molecular flexibility index (Phi) is 8.72. The average molecular weight is 367 g/mol. The number of benzene rings is 1. The van der Waals surface area contributed by atoms with Crippen molar-refractivity contribution in [2.45, 2.75) is 65.0 Å². The number of ether oxygens (including phenoxy) is 3. The largest absolute Gasteiger partial charge is 0.496 e. The summed E-state index contributed by atoms with van der Waals surface area (Å²) < 4.78 is 16.3. The number of aliphatic hydroxyl groups excluding tert-OH is 1. The van der Waals surface area contributed by atoms with Crippen molar-refractivity contribution in [3.05, 3.63) is 23.3 Å². The summed E-state index contributed by atoms with van der Waals surface area (Å²) >= 11 is 0. The van der Waals surface area contributed by atoms with Crippen molar-refractivity contribution in [1.29, 1.82) is 0 Å². The van der Waals surface area contributed by atoms with E-state index in [-0.39, 0.29) is 12.6 Å². The summed E-state index contributed by atoms with van der Waals surface area (Å²) in [7, 11) is 3.28. The van der Waals surface area contributed by atoms with Crippen LogP contribution in [0.2, 0.25) is 0 Å². The maximum Gasteiger partial charge on any atom is 0.407 e. The molecule has 0 spiro atoms. The second-order valence-corrected chi connectivity index (χ2v) is 7.41. The van der Waals surface area contributed by atoms with Crippen molar-refractivity contribution in [2.75, 3.05) is 20.8 Å². The second kappa shape index (κ2) is 10.3. The van der Waals surface area contributed by atoms with Crippen LogP contribution in [0.5, 0.6) is 11.5 Å². The van der Waals surface area contributed by atoms with Gasteiger partial charge in [-0.05, 0) is 76.6 Å². The van der Waals surface area contributed by atoms with E-state index in [1.54, 1.807) is 14.2 Å². The van der Waals surface area contributed by atoms with Crippen LogP contribution >= 0.6 is 0 Å². The molecule has 0 aliphatic rings. The number of nitrogens with one attached hydrogen (secondary N) is 1. The smallest absolute Gasteiger partial charge is 0.407 e. The highest BCUT2D eigenvalue weighted by molar-refractivity contribution is 5.68. The van der Waals surface area contributed by atoms with Gasteiger partial charge in [-0.3, -0.25) is 0 Å². The van der Waals surface area contributed by atoms with Crippen molar-refractivity contribution < 1.29 is 24.1 Å². The van der Waals surface area contributed by atoms with Crippen LogP contribution in [0.15, 0.2) is 12.1 Å². The third-order valence-corrected chi connectivity index (χ3v) is 3.83. The molecule has 0 saturated heterocycles. The van der Waals surface area contributed by atoms with Gasteiger partial charge in [-0.2, -0.15) is 0 Å². The van der Waals surface area contributed by atoms with E-state index in [9.17, 15) is 4.79 Å². The molecular formula is C20H33NO5. The monoisotopic (exact) mass is 367 g/mol. The molecule has 1 amide bonds. The fourth-order valence-electron chi connectivity index (χ4n) is 2.70. The number of rotatable bonds is 9. The summed E-state index contributed by atoms with van der Waals surface area (Å²) in [4.78, 5) is 11.9. The Labute approximate surface area is 156 Å². The van der Waals surface area contributed by atoms with Gasteiger partial charge in [0.05, 0.1) is 14.2 Å². The van der Waals surface area contributed by atoms with Gasteiger partial charge in [0.15, 0.2) is 0 Å². The van der Waals surface area contributed by atoms with Crippen LogP contribution in [-0.2, 0) is 17.6 Å². The van der Waals surface area contributed by atoms with E-state index in [4.69, 9.17) is 19.3 Å². The number of aryl methyl sites for hydroxylation is 1. The van der Waals surface area contributed by atoms with Crippen LogP contribution < -0.4 is 14.8 Å². The van der Waals surface area contributed by atoms with Gasteiger partial charge < -0.3 is 24.6 Å². The lowest BCUT2D eigenvalue weighted by Crippen LogP contribution is -2.38. The van der Waals surface area contributed by atoms with E-state index in [0.717, 1.165) is 41.9 Å². The van der Waals surface area contributed by atoms with E-state index >= 15 is 0 Å². The Morgan fingerprint density at radius 3 is 2.23 bits per heavy atom. The molecule has 0 saturated carbocycles. The molecule has 0 aromatic heterocycles. The highest BCUT2D eigenvalue weighted by Gasteiger charge is 2.19. The lowest BCUT2D eigenvalue weighted by Gasteiger charge is -2.22. The van der Waals surface area contributed by atoms with Crippen molar-refractivity contribution in [3.63, 3.8) is 0 Å². The number of carbonyl (C=O) groups excluding carboxylic acids is 1. The standard InChI is InChI=1S/C20H33NO5/c1-14(21-19(23)26-20(2,3)4)11-16-13-17(24-5)15(9-7-8-10-22)12-18(16)25-6/h12-14,22H,7-11H2,1-6H3,(H,21,23). The van der Waals surface area contributed by atoms with Gasteiger partial charge in [0.2, 0.25) is 0 Å². The maximum absolute atomic E-state index is 11.9. The van der Waals surface area contributed by atoms with Gasteiger partial charge >= 0.3 is 6.09 Å². The molecule has 6 nitrogen and oxygen atoms in total. The molecule has 0 bridgehead atoms. The summed E-state index contributed by atoms with van der Waals surface area (Å²) in [6, 6.07) is 3.82. The number of hydrogen-bond acceptors (Lipinski definition) is 5. The molecule has 1 rings (SSSR count). The predicted octanol–water partition coefficient (Wildman–Crippen LogP) is 3.47. The zero-order valence-corrected chi connectivity index (χ0v) is 16.8. The van der Waals surface area contributed by atoms with Gasteiger partial charge in [-0.15, -0.1) is 0 Å². The van der Waals surface area contributed by atoms with Gasteiger partial charge in [-0.1, -0.05) is 0 Å². The number of unbranched alkanes of at least 4 members (excludes halogenated alkanes) is 1. The normalized spacial score (nSPS) is 12.4. The second-order valence-electron chi connectivity index (χ2n) is 7.41. The summed E-state index contributed by atoms with van der Waals surface area (Å²) in [5, 5.41) is 11.8. The Morgan fingerprint density at radius 1 is 1.12 bits per heavy atom. The average Bonchev–Trinajstić information content (AvgIpc) is 2.53. The Bertz CT molecular complexity index is 580. The molecule has 0 heterocycles. The number of carbonyl (C=O) groups is 1. The molecule has 148 valence electrons. The predicted molar refractivity (Wildman–Crippen MR) is 102 cm³/mol. The van der Waals surface area contributed by atoms with Crippen LogP contribution in [0, 0.1) is 0 Å². The third kappa shape index (κ3) is 7.52. The van der Waals surface area contributed by atoms with E-state index < -0.39 is 11.7 Å². The first kappa shape index (κ1) is 22.1. The van der Waals surface area contributed by atoms with Gasteiger partial charge in [0.1, 0.15) is 17.1 Å². The lowest BCUT2D eigenvalue weighted by molar-refractivity contribution is 0.0508. The highest BCUT2D eigenvalue weighted by atomic mass is 16.6. The molecule has 6 heteroatoms. The summed E-state index contributed by atoms with van der Waals surface area (Å²) in [5.41, 5.74) is 1.48. The van der Waals surface area contributed by atoms with Crippen molar-refractivity contribution in [1.82, 2.24) is 5.32 Å². The summed E-state index contributed by atoms with van der Waals surface area (Å²) in [6.45, 7) is 7.61. The van der Waals surface area contributed by atoms with Crippen molar-refractivity contribution in [3.8, 4) is 11.5 Å². The molecular weight excluding hydrogens is 334 g/mol. The topological polar surface area (TPSA) is 77.0 Å². The first-order valence-electron chi connectivity index (χ1n) is 9.04. The Hall–Kier alpha value is -1.95.